The maximum atomic E-state index is 12.3. The number of aromatic amines is 2. The highest BCUT2D eigenvalue weighted by Crippen LogP contribution is 2.13. The Morgan fingerprint density at radius 1 is 1.27 bits per heavy atom. The number of carbonyl (C=O) groups excluding carboxylic acids is 1. The number of H-pyrrole nitrogens is 2. The van der Waals surface area contributed by atoms with E-state index in [1.165, 1.54) is 0 Å². The van der Waals surface area contributed by atoms with Crippen molar-refractivity contribution in [3.63, 3.8) is 0 Å². The lowest BCUT2D eigenvalue weighted by Gasteiger charge is -2.06. The van der Waals surface area contributed by atoms with E-state index in [-0.39, 0.29) is 11.6 Å². The van der Waals surface area contributed by atoms with Crippen molar-refractivity contribution in [3.05, 3.63) is 51.2 Å². The van der Waals surface area contributed by atoms with Crippen LogP contribution in [0.15, 0.2) is 23.0 Å². The molecule has 3 N–H and O–H groups in total. The summed E-state index contributed by atoms with van der Waals surface area (Å²) in [6, 6.07) is 5.53. The van der Waals surface area contributed by atoms with Crippen LogP contribution in [0, 0.1) is 13.8 Å². The Bertz CT molecular complexity index is 916. The number of amides is 1. The van der Waals surface area contributed by atoms with Crippen LogP contribution >= 0.6 is 0 Å². The molecule has 3 rings (SSSR count). The van der Waals surface area contributed by atoms with Gasteiger partial charge in [0.25, 0.3) is 5.91 Å². The van der Waals surface area contributed by atoms with Gasteiger partial charge in [-0.1, -0.05) is 6.07 Å². The van der Waals surface area contributed by atoms with Gasteiger partial charge < -0.3 is 15.3 Å². The summed E-state index contributed by atoms with van der Waals surface area (Å²) in [7, 11) is 1.81. The largest absolute Gasteiger partial charge is 0.348 e. The highest BCUT2D eigenvalue weighted by molar-refractivity contribution is 5.96. The smallest absolute Gasteiger partial charge is 0.323 e. The van der Waals surface area contributed by atoms with Gasteiger partial charge in [0, 0.05) is 19.3 Å². The van der Waals surface area contributed by atoms with E-state index in [0.29, 0.717) is 17.8 Å². The van der Waals surface area contributed by atoms with Gasteiger partial charge in [0.1, 0.15) is 0 Å². The van der Waals surface area contributed by atoms with E-state index in [4.69, 9.17) is 0 Å². The van der Waals surface area contributed by atoms with E-state index in [0.717, 1.165) is 22.3 Å². The van der Waals surface area contributed by atoms with E-state index in [9.17, 15) is 9.59 Å². The van der Waals surface area contributed by atoms with Crippen molar-refractivity contribution in [2.24, 2.45) is 7.05 Å². The predicted molar refractivity (Wildman–Crippen MR) is 82.8 cm³/mol. The maximum absolute atomic E-state index is 12.3. The molecule has 0 unspecified atom stereocenters. The number of rotatable bonds is 3. The van der Waals surface area contributed by atoms with Crippen molar-refractivity contribution >= 4 is 16.9 Å². The third-order valence-electron chi connectivity index (χ3n) is 3.77. The first-order chi connectivity index (χ1) is 10.5. The molecule has 0 bridgehead atoms. The lowest BCUT2D eigenvalue weighted by molar-refractivity contribution is 0.0949. The van der Waals surface area contributed by atoms with Gasteiger partial charge in [-0.25, -0.2) is 4.79 Å². The van der Waals surface area contributed by atoms with Crippen molar-refractivity contribution in [3.8, 4) is 0 Å². The Balaban J connectivity index is 1.78. The van der Waals surface area contributed by atoms with Gasteiger partial charge in [-0.05, 0) is 31.5 Å². The number of benzene rings is 1. The van der Waals surface area contributed by atoms with E-state index >= 15 is 0 Å². The first-order valence-corrected chi connectivity index (χ1v) is 6.95. The minimum Gasteiger partial charge on any atom is -0.348 e. The molecule has 1 aromatic carbocycles. The fourth-order valence-electron chi connectivity index (χ4n) is 2.56. The number of fused-ring (bicyclic) bond motifs is 1. The Hall–Kier alpha value is -2.83. The first-order valence-electron chi connectivity index (χ1n) is 6.95. The lowest BCUT2D eigenvalue weighted by atomic mass is 10.1. The predicted octanol–water partition coefficient (Wildman–Crippen LogP) is 1.14. The molecule has 0 aliphatic rings. The topological polar surface area (TPSA) is 95.6 Å². The standard InChI is InChI=1S/C15H17N5O2/c1-8-13(9(2)20(3)19-8)14(21)16-7-10-4-5-11-12(6-10)18-15(22)17-11/h4-6H,7H2,1-3H3,(H,16,21)(H2,17,18,22). The minimum absolute atomic E-state index is 0.147. The summed E-state index contributed by atoms with van der Waals surface area (Å²) in [4.78, 5) is 28.9. The Kier molecular flexibility index (Phi) is 3.32. The quantitative estimate of drug-likeness (QED) is 0.676. The molecule has 0 atom stereocenters. The number of aryl methyl sites for hydroxylation is 2. The molecule has 0 aliphatic heterocycles. The van der Waals surface area contributed by atoms with Gasteiger partial charge in [-0.15, -0.1) is 0 Å². The summed E-state index contributed by atoms with van der Waals surface area (Å²) in [6.45, 7) is 4.07. The molecule has 1 amide bonds. The second-order valence-corrected chi connectivity index (χ2v) is 5.31. The van der Waals surface area contributed by atoms with Crippen LogP contribution in [0.3, 0.4) is 0 Å². The van der Waals surface area contributed by atoms with Crippen LogP contribution in [0.4, 0.5) is 0 Å². The monoisotopic (exact) mass is 299 g/mol. The molecule has 114 valence electrons. The number of hydrogen-bond donors (Lipinski definition) is 3. The normalized spacial score (nSPS) is 11.0. The van der Waals surface area contributed by atoms with Crippen molar-refractivity contribution in [1.29, 1.82) is 0 Å². The summed E-state index contributed by atoms with van der Waals surface area (Å²) in [6.07, 6.45) is 0. The molecule has 2 heterocycles. The molecule has 0 fully saturated rings. The van der Waals surface area contributed by atoms with Crippen LogP contribution in [-0.4, -0.2) is 25.7 Å². The molecule has 7 nitrogen and oxygen atoms in total. The SMILES string of the molecule is Cc1nn(C)c(C)c1C(=O)NCc1ccc2[nH]c(=O)[nH]c2c1. The molecular formula is C15H17N5O2. The summed E-state index contributed by atoms with van der Waals surface area (Å²) < 4.78 is 1.70. The van der Waals surface area contributed by atoms with Gasteiger partial charge in [0.05, 0.1) is 22.3 Å². The fourth-order valence-corrected chi connectivity index (χ4v) is 2.56. The highest BCUT2D eigenvalue weighted by Gasteiger charge is 2.16. The van der Waals surface area contributed by atoms with Gasteiger partial charge >= 0.3 is 5.69 Å². The van der Waals surface area contributed by atoms with Crippen molar-refractivity contribution in [2.45, 2.75) is 20.4 Å². The van der Waals surface area contributed by atoms with Crippen molar-refractivity contribution < 1.29 is 4.79 Å². The molecule has 0 spiro atoms. The zero-order valence-corrected chi connectivity index (χ0v) is 12.7. The number of imidazole rings is 1. The molecule has 7 heteroatoms. The third kappa shape index (κ3) is 2.41. The molecule has 0 aliphatic carbocycles. The molecule has 22 heavy (non-hydrogen) atoms. The van der Waals surface area contributed by atoms with Crippen LogP contribution in [0.2, 0.25) is 0 Å². The average Bonchev–Trinajstić information content (AvgIpc) is 2.95. The van der Waals surface area contributed by atoms with Gasteiger partial charge in [-0.2, -0.15) is 5.10 Å². The van der Waals surface area contributed by atoms with Crippen LogP contribution in [-0.2, 0) is 13.6 Å². The highest BCUT2D eigenvalue weighted by atomic mass is 16.2. The number of aromatic nitrogens is 4. The van der Waals surface area contributed by atoms with Gasteiger partial charge in [0.2, 0.25) is 0 Å². The van der Waals surface area contributed by atoms with Gasteiger partial charge in [0.15, 0.2) is 0 Å². The summed E-state index contributed by atoms with van der Waals surface area (Å²) >= 11 is 0. The van der Waals surface area contributed by atoms with E-state index in [1.807, 2.05) is 39.1 Å². The molecule has 0 saturated heterocycles. The number of nitrogens with zero attached hydrogens (tertiary/aromatic N) is 2. The average molecular weight is 299 g/mol. The number of hydrogen-bond acceptors (Lipinski definition) is 3. The fraction of sp³-hybridized carbons (Fsp3) is 0.267. The second kappa shape index (κ2) is 5.18. The second-order valence-electron chi connectivity index (χ2n) is 5.31. The van der Waals surface area contributed by atoms with E-state index in [2.05, 4.69) is 20.4 Å². The minimum atomic E-state index is -0.238. The number of carbonyl (C=O) groups is 1. The summed E-state index contributed by atoms with van der Waals surface area (Å²) in [5, 5.41) is 7.13. The lowest BCUT2D eigenvalue weighted by Crippen LogP contribution is -2.24. The van der Waals surface area contributed by atoms with Crippen LogP contribution in [0.1, 0.15) is 27.3 Å². The van der Waals surface area contributed by atoms with Crippen molar-refractivity contribution in [2.75, 3.05) is 0 Å². The van der Waals surface area contributed by atoms with Crippen LogP contribution < -0.4 is 11.0 Å². The Morgan fingerprint density at radius 3 is 2.68 bits per heavy atom. The Morgan fingerprint density at radius 2 is 2.00 bits per heavy atom. The zero-order chi connectivity index (χ0) is 15.9. The first kappa shape index (κ1) is 14.1. The van der Waals surface area contributed by atoms with E-state index < -0.39 is 0 Å². The molecule has 2 aromatic heterocycles. The summed E-state index contributed by atoms with van der Waals surface area (Å²) in [5.41, 5.74) is 4.31. The molecule has 0 saturated carbocycles. The molecule has 3 aromatic rings. The molecular weight excluding hydrogens is 282 g/mol. The zero-order valence-electron chi connectivity index (χ0n) is 12.7. The maximum Gasteiger partial charge on any atom is 0.323 e. The van der Waals surface area contributed by atoms with Gasteiger partial charge in [-0.3, -0.25) is 9.48 Å². The summed E-state index contributed by atoms with van der Waals surface area (Å²) in [5.74, 6) is -0.147. The van der Waals surface area contributed by atoms with E-state index in [1.54, 1.807) is 4.68 Å². The van der Waals surface area contributed by atoms with Crippen LogP contribution in [0.25, 0.3) is 11.0 Å². The third-order valence-corrected chi connectivity index (χ3v) is 3.77. The molecule has 0 radical (unpaired) electrons. The van der Waals surface area contributed by atoms with Crippen molar-refractivity contribution in [1.82, 2.24) is 25.1 Å². The Labute approximate surface area is 126 Å². The number of nitrogens with one attached hydrogen (secondary N) is 3. The van der Waals surface area contributed by atoms with Crippen LogP contribution in [0.5, 0.6) is 0 Å².